The van der Waals surface area contributed by atoms with Crippen LogP contribution in [0.1, 0.15) is 11.1 Å². The number of nitrogens with two attached hydrogens (primary N) is 1. The lowest BCUT2D eigenvalue weighted by molar-refractivity contribution is 0.413. The van der Waals surface area contributed by atoms with Gasteiger partial charge in [0.15, 0.2) is 0 Å². The predicted molar refractivity (Wildman–Crippen MR) is 76.8 cm³/mol. The standard InChI is InChI=1S/C15H16FNOS/c1-18-13-6-3-7-14(8-13)19-10-12-5-2-4-11(9-17)15(12)16/h2-8H,9-10,17H2,1H3. The topological polar surface area (TPSA) is 35.2 Å². The molecular weight excluding hydrogens is 261 g/mol. The van der Waals surface area contributed by atoms with Crippen molar-refractivity contribution in [3.05, 3.63) is 59.4 Å². The van der Waals surface area contributed by atoms with E-state index in [1.807, 2.05) is 30.3 Å². The molecule has 100 valence electrons. The third-order valence-corrected chi connectivity index (χ3v) is 3.86. The fourth-order valence-electron chi connectivity index (χ4n) is 1.75. The SMILES string of the molecule is COc1cccc(SCc2cccc(CN)c2F)c1. The molecule has 0 fully saturated rings. The molecule has 0 spiro atoms. The summed E-state index contributed by atoms with van der Waals surface area (Å²) < 4.78 is 19.2. The summed E-state index contributed by atoms with van der Waals surface area (Å²) in [5.41, 5.74) is 6.74. The summed E-state index contributed by atoms with van der Waals surface area (Å²) >= 11 is 1.58. The van der Waals surface area contributed by atoms with Gasteiger partial charge in [-0.1, -0.05) is 24.3 Å². The van der Waals surface area contributed by atoms with Gasteiger partial charge in [0.05, 0.1) is 7.11 Å². The van der Waals surface area contributed by atoms with Crippen molar-refractivity contribution in [2.24, 2.45) is 5.73 Å². The Morgan fingerprint density at radius 1 is 1.16 bits per heavy atom. The van der Waals surface area contributed by atoms with Crippen molar-refractivity contribution in [3.63, 3.8) is 0 Å². The quantitative estimate of drug-likeness (QED) is 0.848. The third kappa shape index (κ3) is 3.49. The summed E-state index contributed by atoms with van der Waals surface area (Å²) in [5, 5.41) is 0. The molecule has 0 aliphatic heterocycles. The highest BCUT2D eigenvalue weighted by molar-refractivity contribution is 7.98. The lowest BCUT2D eigenvalue weighted by atomic mass is 10.1. The molecule has 2 nitrogen and oxygen atoms in total. The van der Waals surface area contributed by atoms with Crippen molar-refractivity contribution < 1.29 is 9.13 Å². The number of thioether (sulfide) groups is 1. The number of methoxy groups -OCH3 is 1. The molecule has 2 aromatic rings. The maximum atomic E-state index is 14.0. The molecule has 0 aliphatic rings. The van der Waals surface area contributed by atoms with E-state index in [1.54, 1.807) is 31.0 Å². The molecule has 0 aromatic heterocycles. The van der Waals surface area contributed by atoms with Crippen molar-refractivity contribution in [3.8, 4) is 5.75 Å². The van der Waals surface area contributed by atoms with Gasteiger partial charge in [-0.25, -0.2) is 4.39 Å². The Kier molecular flexibility index (Phi) is 4.82. The molecule has 2 rings (SSSR count). The molecular formula is C15H16FNOS. The first-order valence-electron chi connectivity index (χ1n) is 5.97. The first-order chi connectivity index (χ1) is 9.24. The Balaban J connectivity index is 2.10. The molecule has 0 saturated heterocycles. The highest BCUT2D eigenvalue weighted by Crippen LogP contribution is 2.27. The second kappa shape index (κ2) is 6.59. The Hall–Kier alpha value is -1.52. The van der Waals surface area contributed by atoms with Crippen molar-refractivity contribution in [1.82, 2.24) is 0 Å². The number of hydrogen-bond acceptors (Lipinski definition) is 3. The highest BCUT2D eigenvalue weighted by Gasteiger charge is 2.07. The van der Waals surface area contributed by atoms with Gasteiger partial charge >= 0.3 is 0 Å². The van der Waals surface area contributed by atoms with Gasteiger partial charge in [-0.15, -0.1) is 11.8 Å². The van der Waals surface area contributed by atoms with Gasteiger partial charge in [-0.3, -0.25) is 0 Å². The van der Waals surface area contributed by atoms with Crippen LogP contribution < -0.4 is 10.5 Å². The van der Waals surface area contributed by atoms with Crippen LogP contribution in [-0.4, -0.2) is 7.11 Å². The molecule has 0 atom stereocenters. The van der Waals surface area contributed by atoms with Crippen LogP contribution >= 0.6 is 11.8 Å². The van der Waals surface area contributed by atoms with E-state index in [2.05, 4.69) is 0 Å². The average molecular weight is 277 g/mol. The molecule has 2 aromatic carbocycles. The van der Waals surface area contributed by atoms with Gasteiger partial charge < -0.3 is 10.5 Å². The van der Waals surface area contributed by atoms with Crippen LogP contribution in [0.15, 0.2) is 47.4 Å². The molecule has 19 heavy (non-hydrogen) atoms. The van der Waals surface area contributed by atoms with Gasteiger partial charge in [0.25, 0.3) is 0 Å². The summed E-state index contributed by atoms with van der Waals surface area (Å²) in [4.78, 5) is 1.05. The highest BCUT2D eigenvalue weighted by atomic mass is 32.2. The number of halogens is 1. The summed E-state index contributed by atoms with van der Waals surface area (Å²) in [6, 6.07) is 13.1. The van der Waals surface area contributed by atoms with Crippen LogP contribution in [0.2, 0.25) is 0 Å². The second-order valence-electron chi connectivity index (χ2n) is 4.06. The van der Waals surface area contributed by atoms with Gasteiger partial charge in [0.1, 0.15) is 11.6 Å². The fourth-order valence-corrected chi connectivity index (χ4v) is 2.67. The fraction of sp³-hybridized carbons (Fsp3) is 0.200. The third-order valence-electron chi connectivity index (χ3n) is 2.81. The minimum Gasteiger partial charge on any atom is -0.497 e. The van der Waals surface area contributed by atoms with Crippen LogP contribution in [0, 0.1) is 5.82 Å². The van der Waals surface area contributed by atoms with Crippen LogP contribution in [-0.2, 0) is 12.3 Å². The van der Waals surface area contributed by atoms with Crippen molar-refractivity contribution in [2.45, 2.75) is 17.2 Å². The van der Waals surface area contributed by atoms with E-state index < -0.39 is 0 Å². The van der Waals surface area contributed by atoms with Crippen LogP contribution in [0.4, 0.5) is 4.39 Å². The Labute approximate surface area is 116 Å². The normalized spacial score (nSPS) is 10.5. The zero-order chi connectivity index (χ0) is 13.7. The molecule has 0 saturated carbocycles. The van der Waals surface area contributed by atoms with Crippen LogP contribution in [0.3, 0.4) is 0 Å². The largest absolute Gasteiger partial charge is 0.497 e. The Bertz CT molecular complexity index is 560. The number of benzene rings is 2. The van der Waals surface area contributed by atoms with E-state index >= 15 is 0 Å². The summed E-state index contributed by atoms with van der Waals surface area (Å²) in [6.07, 6.45) is 0. The number of ether oxygens (including phenoxy) is 1. The minimum absolute atomic E-state index is 0.194. The summed E-state index contributed by atoms with van der Waals surface area (Å²) in [7, 11) is 1.63. The molecule has 0 bridgehead atoms. The van der Waals surface area contributed by atoms with Crippen LogP contribution in [0.5, 0.6) is 5.75 Å². The Morgan fingerprint density at radius 3 is 2.63 bits per heavy atom. The van der Waals surface area contributed by atoms with E-state index in [1.165, 1.54) is 0 Å². The first-order valence-corrected chi connectivity index (χ1v) is 6.96. The second-order valence-corrected chi connectivity index (χ2v) is 5.11. The van der Waals surface area contributed by atoms with Crippen molar-refractivity contribution in [1.29, 1.82) is 0 Å². The van der Waals surface area contributed by atoms with Gasteiger partial charge in [0, 0.05) is 22.8 Å². The first kappa shape index (κ1) is 13.9. The van der Waals surface area contributed by atoms with E-state index in [0.717, 1.165) is 10.6 Å². The minimum atomic E-state index is -0.194. The smallest absolute Gasteiger partial charge is 0.131 e. The number of hydrogen-bond donors (Lipinski definition) is 1. The number of rotatable bonds is 5. The Morgan fingerprint density at radius 2 is 1.89 bits per heavy atom. The maximum Gasteiger partial charge on any atom is 0.131 e. The maximum absolute atomic E-state index is 14.0. The molecule has 2 N–H and O–H groups in total. The van der Waals surface area contributed by atoms with Gasteiger partial charge in [-0.05, 0) is 23.8 Å². The molecule has 0 radical (unpaired) electrons. The zero-order valence-electron chi connectivity index (χ0n) is 10.7. The average Bonchev–Trinajstić information content (AvgIpc) is 2.46. The van der Waals surface area contributed by atoms with Gasteiger partial charge in [-0.2, -0.15) is 0 Å². The van der Waals surface area contributed by atoms with E-state index in [0.29, 0.717) is 16.9 Å². The predicted octanol–water partition coefficient (Wildman–Crippen LogP) is 3.59. The zero-order valence-corrected chi connectivity index (χ0v) is 11.5. The monoisotopic (exact) mass is 277 g/mol. The van der Waals surface area contributed by atoms with Crippen molar-refractivity contribution >= 4 is 11.8 Å². The molecule has 0 amide bonds. The molecule has 4 heteroatoms. The summed E-state index contributed by atoms with van der Waals surface area (Å²) in [6.45, 7) is 0.226. The van der Waals surface area contributed by atoms with E-state index in [4.69, 9.17) is 10.5 Å². The van der Waals surface area contributed by atoms with E-state index in [-0.39, 0.29) is 12.4 Å². The van der Waals surface area contributed by atoms with Crippen LogP contribution in [0.25, 0.3) is 0 Å². The molecule has 0 unspecified atom stereocenters. The molecule has 0 heterocycles. The lowest BCUT2D eigenvalue weighted by Crippen LogP contribution is -2.02. The summed E-state index contributed by atoms with van der Waals surface area (Å²) in [5.74, 6) is 1.19. The molecule has 0 aliphatic carbocycles. The van der Waals surface area contributed by atoms with Gasteiger partial charge in [0.2, 0.25) is 0 Å². The van der Waals surface area contributed by atoms with Crippen molar-refractivity contribution in [2.75, 3.05) is 7.11 Å². The van der Waals surface area contributed by atoms with E-state index in [9.17, 15) is 4.39 Å². The lowest BCUT2D eigenvalue weighted by Gasteiger charge is -2.07.